The minimum absolute atomic E-state index is 0.255. The van der Waals surface area contributed by atoms with Crippen molar-refractivity contribution < 1.29 is 17.9 Å². The summed E-state index contributed by atoms with van der Waals surface area (Å²) in [5.41, 5.74) is 3.18. The molecule has 0 saturated carbocycles. The van der Waals surface area contributed by atoms with Crippen molar-refractivity contribution in [3.05, 3.63) is 59.2 Å². The molecule has 0 bridgehead atoms. The van der Waals surface area contributed by atoms with E-state index in [1.165, 1.54) is 4.90 Å². The summed E-state index contributed by atoms with van der Waals surface area (Å²) in [7, 11) is -0.383. The predicted molar refractivity (Wildman–Crippen MR) is 108 cm³/mol. The summed E-state index contributed by atoms with van der Waals surface area (Å²) in [4.78, 5) is 14.3. The molecule has 6 nitrogen and oxygen atoms in total. The van der Waals surface area contributed by atoms with Crippen molar-refractivity contribution in [2.24, 2.45) is 0 Å². The number of methoxy groups -OCH3 is 1. The van der Waals surface area contributed by atoms with Gasteiger partial charge in [-0.3, -0.25) is 9.10 Å². The van der Waals surface area contributed by atoms with Gasteiger partial charge in [0, 0.05) is 19.2 Å². The Kier molecular flexibility index (Phi) is 6.49. The zero-order chi connectivity index (χ0) is 20.2. The molecule has 0 aliphatic carbocycles. The molecule has 2 aromatic rings. The normalized spacial score (nSPS) is 11.1. The third kappa shape index (κ3) is 5.01. The molecule has 0 saturated heterocycles. The molecule has 146 valence electrons. The fourth-order valence-electron chi connectivity index (χ4n) is 2.81. The number of aryl methyl sites for hydroxylation is 1. The molecule has 0 fully saturated rings. The van der Waals surface area contributed by atoms with Gasteiger partial charge in [-0.25, -0.2) is 8.42 Å². The van der Waals surface area contributed by atoms with Gasteiger partial charge in [-0.1, -0.05) is 30.3 Å². The molecule has 7 heteroatoms. The number of likely N-dealkylation sites (N-methyl/N-ethyl adjacent to an activating group) is 1. The Labute approximate surface area is 161 Å². The minimum atomic E-state index is -3.61. The number of amides is 1. The van der Waals surface area contributed by atoms with Crippen LogP contribution in [0.1, 0.15) is 16.7 Å². The Morgan fingerprint density at radius 1 is 1.07 bits per heavy atom. The number of hydrogen-bond acceptors (Lipinski definition) is 4. The van der Waals surface area contributed by atoms with Gasteiger partial charge in [0.2, 0.25) is 15.9 Å². The second-order valence-electron chi connectivity index (χ2n) is 6.55. The van der Waals surface area contributed by atoms with E-state index in [2.05, 4.69) is 0 Å². The molecule has 2 aromatic carbocycles. The van der Waals surface area contributed by atoms with Crippen molar-refractivity contribution in [3.63, 3.8) is 0 Å². The fraction of sp³-hybridized carbons (Fsp3) is 0.350. The molecule has 27 heavy (non-hydrogen) atoms. The number of anilines is 1. The third-order valence-corrected chi connectivity index (χ3v) is 5.68. The maximum absolute atomic E-state index is 12.8. The zero-order valence-electron chi connectivity index (χ0n) is 16.4. The third-order valence-electron chi connectivity index (χ3n) is 4.55. The highest BCUT2D eigenvalue weighted by Gasteiger charge is 2.24. The second kappa shape index (κ2) is 8.43. The minimum Gasteiger partial charge on any atom is -0.496 e. The number of carbonyl (C=O) groups is 1. The Hall–Kier alpha value is -2.54. The topological polar surface area (TPSA) is 66.9 Å². The average Bonchev–Trinajstić information content (AvgIpc) is 2.61. The molecule has 0 heterocycles. The summed E-state index contributed by atoms with van der Waals surface area (Å²) in [6.07, 6.45) is 1.11. The van der Waals surface area contributed by atoms with Crippen LogP contribution in [0.3, 0.4) is 0 Å². The van der Waals surface area contributed by atoms with Crippen LogP contribution in [0.4, 0.5) is 5.69 Å². The lowest BCUT2D eigenvalue weighted by Gasteiger charge is -2.27. The molecule has 1 amide bonds. The van der Waals surface area contributed by atoms with Gasteiger partial charge in [0.1, 0.15) is 12.3 Å². The van der Waals surface area contributed by atoms with Crippen molar-refractivity contribution in [1.29, 1.82) is 0 Å². The maximum atomic E-state index is 12.8. The highest BCUT2D eigenvalue weighted by molar-refractivity contribution is 7.92. The number of benzene rings is 2. The van der Waals surface area contributed by atoms with E-state index in [4.69, 9.17) is 4.74 Å². The van der Waals surface area contributed by atoms with Crippen LogP contribution in [-0.4, -0.2) is 46.2 Å². The van der Waals surface area contributed by atoms with Crippen molar-refractivity contribution in [2.45, 2.75) is 20.4 Å². The predicted octanol–water partition coefficient (Wildman–Crippen LogP) is 2.74. The van der Waals surface area contributed by atoms with Crippen molar-refractivity contribution >= 4 is 21.6 Å². The highest BCUT2D eigenvalue weighted by Crippen LogP contribution is 2.25. The lowest BCUT2D eigenvalue weighted by molar-refractivity contribution is -0.128. The first-order valence-electron chi connectivity index (χ1n) is 8.55. The molecule has 0 N–H and O–H groups in total. The summed E-state index contributed by atoms with van der Waals surface area (Å²) in [6, 6.07) is 12.9. The monoisotopic (exact) mass is 390 g/mol. The standard InChI is InChI=1S/C20H26N2O4S/c1-15-9-8-11-18(16(15)2)22(27(5,24)25)14-20(23)21(3)13-17-10-6-7-12-19(17)26-4/h6-12H,13-14H2,1-5H3. The van der Waals surface area contributed by atoms with Crippen LogP contribution in [0, 0.1) is 13.8 Å². The zero-order valence-corrected chi connectivity index (χ0v) is 17.2. The van der Waals surface area contributed by atoms with E-state index in [0.29, 0.717) is 18.0 Å². The van der Waals surface area contributed by atoms with Crippen molar-refractivity contribution in [2.75, 3.05) is 31.3 Å². The average molecular weight is 391 g/mol. The van der Waals surface area contributed by atoms with Crippen LogP contribution in [0.2, 0.25) is 0 Å². The van der Waals surface area contributed by atoms with Crippen LogP contribution in [-0.2, 0) is 21.4 Å². The number of para-hydroxylation sites is 1. The first-order valence-corrected chi connectivity index (χ1v) is 10.4. The Bertz CT molecular complexity index is 925. The van der Waals surface area contributed by atoms with Gasteiger partial charge < -0.3 is 9.64 Å². The molecule has 0 spiro atoms. The molecule has 0 unspecified atom stereocenters. The first kappa shape index (κ1) is 20.8. The summed E-state index contributed by atoms with van der Waals surface area (Å²) in [5, 5.41) is 0. The highest BCUT2D eigenvalue weighted by atomic mass is 32.2. The van der Waals surface area contributed by atoms with Gasteiger partial charge in [0.25, 0.3) is 0 Å². The van der Waals surface area contributed by atoms with Gasteiger partial charge in [-0.05, 0) is 37.1 Å². The van der Waals surface area contributed by atoms with E-state index >= 15 is 0 Å². The van der Waals surface area contributed by atoms with E-state index in [1.54, 1.807) is 26.3 Å². The number of nitrogens with zero attached hydrogens (tertiary/aromatic N) is 2. The number of sulfonamides is 1. The van der Waals surface area contributed by atoms with E-state index < -0.39 is 10.0 Å². The molecular formula is C20H26N2O4S. The smallest absolute Gasteiger partial charge is 0.243 e. The van der Waals surface area contributed by atoms with Gasteiger partial charge in [-0.2, -0.15) is 0 Å². The molecule has 0 aromatic heterocycles. The van der Waals surface area contributed by atoms with Gasteiger partial charge >= 0.3 is 0 Å². The molecule has 0 aliphatic heterocycles. The van der Waals surface area contributed by atoms with Crippen LogP contribution < -0.4 is 9.04 Å². The van der Waals surface area contributed by atoms with E-state index in [-0.39, 0.29) is 12.5 Å². The molecule has 2 rings (SSSR count). The number of carbonyl (C=O) groups excluding carboxylic acids is 1. The SMILES string of the molecule is COc1ccccc1CN(C)C(=O)CN(c1cccc(C)c1C)S(C)(=O)=O. The second-order valence-corrected chi connectivity index (χ2v) is 8.46. The van der Waals surface area contributed by atoms with Crippen molar-refractivity contribution in [1.82, 2.24) is 4.90 Å². The lowest BCUT2D eigenvalue weighted by atomic mass is 10.1. The Morgan fingerprint density at radius 3 is 2.37 bits per heavy atom. The van der Waals surface area contributed by atoms with Crippen LogP contribution in [0.25, 0.3) is 0 Å². The first-order chi connectivity index (χ1) is 12.6. The molecule has 0 aliphatic rings. The maximum Gasteiger partial charge on any atom is 0.243 e. The lowest BCUT2D eigenvalue weighted by Crippen LogP contribution is -2.41. The van der Waals surface area contributed by atoms with Gasteiger partial charge in [-0.15, -0.1) is 0 Å². The van der Waals surface area contributed by atoms with E-state index in [1.807, 2.05) is 44.2 Å². The van der Waals surface area contributed by atoms with Crippen LogP contribution in [0.15, 0.2) is 42.5 Å². The van der Waals surface area contributed by atoms with E-state index in [9.17, 15) is 13.2 Å². The molecule has 0 radical (unpaired) electrons. The Morgan fingerprint density at radius 2 is 1.74 bits per heavy atom. The number of hydrogen-bond donors (Lipinski definition) is 0. The van der Waals surface area contributed by atoms with Gasteiger partial charge in [0.05, 0.1) is 19.1 Å². The van der Waals surface area contributed by atoms with Crippen molar-refractivity contribution in [3.8, 4) is 5.75 Å². The molecular weight excluding hydrogens is 364 g/mol. The quantitative estimate of drug-likeness (QED) is 0.729. The van der Waals surface area contributed by atoms with Gasteiger partial charge in [0.15, 0.2) is 0 Å². The molecule has 0 atom stereocenters. The fourth-order valence-corrected chi connectivity index (χ4v) is 3.71. The van der Waals surface area contributed by atoms with Crippen LogP contribution in [0.5, 0.6) is 5.75 Å². The summed E-state index contributed by atoms with van der Waals surface area (Å²) in [5.74, 6) is 0.388. The number of rotatable bonds is 7. The Balaban J connectivity index is 2.25. The summed E-state index contributed by atoms with van der Waals surface area (Å²) >= 11 is 0. The number of ether oxygens (including phenoxy) is 1. The largest absolute Gasteiger partial charge is 0.496 e. The summed E-state index contributed by atoms with van der Waals surface area (Å²) in [6.45, 7) is 3.84. The summed E-state index contributed by atoms with van der Waals surface area (Å²) < 4.78 is 31.2. The van der Waals surface area contributed by atoms with Crippen LogP contribution >= 0.6 is 0 Å². The van der Waals surface area contributed by atoms with E-state index in [0.717, 1.165) is 27.3 Å².